The van der Waals surface area contributed by atoms with Crippen LogP contribution in [0.1, 0.15) is 48.0 Å². The van der Waals surface area contributed by atoms with Crippen molar-refractivity contribution in [2.24, 2.45) is 0 Å². The molecule has 4 rings (SSSR count). The van der Waals surface area contributed by atoms with E-state index in [0.717, 1.165) is 12.1 Å². The minimum atomic E-state index is -0.948. The third kappa shape index (κ3) is 3.50. The van der Waals surface area contributed by atoms with Gasteiger partial charge in [-0.3, -0.25) is 9.59 Å². The topological polar surface area (TPSA) is 59.8 Å². The molecule has 1 aliphatic heterocycles. The van der Waals surface area contributed by atoms with Gasteiger partial charge in [0.25, 0.3) is 5.91 Å². The maximum atomic E-state index is 14.7. The first-order chi connectivity index (χ1) is 14.4. The van der Waals surface area contributed by atoms with E-state index in [1.807, 2.05) is 13.8 Å². The van der Waals surface area contributed by atoms with Gasteiger partial charge in [0.05, 0.1) is 23.1 Å². The first-order valence-electron chi connectivity index (χ1n) is 9.81. The summed E-state index contributed by atoms with van der Waals surface area (Å²) in [7, 11) is 0. The Morgan fingerprint density at radius 1 is 1.13 bits per heavy atom. The second-order valence-corrected chi connectivity index (χ2v) is 7.51. The van der Waals surface area contributed by atoms with E-state index < -0.39 is 29.0 Å². The Morgan fingerprint density at radius 2 is 1.90 bits per heavy atom. The molecule has 1 aliphatic rings. The number of benzene rings is 2. The summed E-state index contributed by atoms with van der Waals surface area (Å²) in [6.45, 7) is 4.48. The largest absolute Gasteiger partial charge is 0.450 e. The van der Waals surface area contributed by atoms with Gasteiger partial charge in [-0.2, -0.15) is 0 Å². The number of hydrogen-bond acceptors (Lipinski definition) is 4. The van der Waals surface area contributed by atoms with Gasteiger partial charge < -0.3 is 14.1 Å². The Balaban J connectivity index is 1.84. The average Bonchev–Trinajstić information content (AvgIpc) is 2.98. The lowest BCUT2D eigenvalue weighted by molar-refractivity contribution is 0.0592. The van der Waals surface area contributed by atoms with E-state index in [-0.39, 0.29) is 40.5 Å². The van der Waals surface area contributed by atoms with Crippen LogP contribution in [0.15, 0.2) is 51.7 Å². The molecule has 2 aromatic carbocycles. The van der Waals surface area contributed by atoms with Gasteiger partial charge in [-0.25, -0.2) is 8.78 Å². The molecule has 156 valence electrons. The maximum absolute atomic E-state index is 14.7. The second kappa shape index (κ2) is 7.99. The van der Waals surface area contributed by atoms with E-state index in [9.17, 15) is 18.4 Å². The number of fused-ring (bicyclic) bond motifs is 2. The van der Waals surface area contributed by atoms with Crippen molar-refractivity contribution in [1.82, 2.24) is 4.90 Å². The molecule has 30 heavy (non-hydrogen) atoms. The first kappa shape index (κ1) is 20.2. The minimum absolute atomic E-state index is 0.0212. The number of carbonyl (C=O) groups excluding carboxylic acids is 1. The second-order valence-electron chi connectivity index (χ2n) is 7.51. The van der Waals surface area contributed by atoms with E-state index in [0.29, 0.717) is 13.0 Å². The van der Waals surface area contributed by atoms with E-state index in [4.69, 9.17) is 9.15 Å². The molecular weight excluding hydrogens is 392 g/mol. The summed E-state index contributed by atoms with van der Waals surface area (Å²) in [6.07, 6.45) is 0.549. The van der Waals surface area contributed by atoms with Crippen LogP contribution in [0.3, 0.4) is 0 Å². The smallest absolute Gasteiger partial charge is 0.290 e. The van der Waals surface area contributed by atoms with Gasteiger partial charge in [0.2, 0.25) is 5.76 Å². The van der Waals surface area contributed by atoms with Gasteiger partial charge in [0.15, 0.2) is 5.43 Å². The van der Waals surface area contributed by atoms with E-state index >= 15 is 0 Å². The molecular formula is C23H21F2NO4. The van der Waals surface area contributed by atoms with Crippen LogP contribution >= 0.6 is 0 Å². The Hall–Kier alpha value is -3.06. The van der Waals surface area contributed by atoms with Crippen LogP contribution in [-0.4, -0.2) is 30.1 Å². The fourth-order valence-electron chi connectivity index (χ4n) is 3.80. The molecule has 0 radical (unpaired) electrons. The lowest BCUT2D eigenvalue weighted by atomic mass is 9.98. The third-order valence-electron chi connectivity index (χ3n) is 5.12. The number of nitrogens with zero attached hydrogens (tertiary/aromatic N) is 1. The molecule has 7 heteroatoms. The van der Waals surface area contributed by atoms with Crippen molar-refractivity contribution < 1.29 is 22.7 Å². The molecule has 5 nitrogen and oxygen atoms in total. The third-order valence-corrected chi connectivity index (χ3v) is 5.12. The zero-order valence-electron chi connectivity index (χ0n) is 16.7. The summed E-state index contributed by atoms with van der Waals surface area (Å²) in [6, 6.07) is 8.60. The van der Waals surface area contributed by atoms with Gasteiger partial charge in [-0.15, -0.1) is 0 Å². The molecule has 1 aromatic heterocycles. The fraction of sp³-hybridized carbons (Fsp3) is 0.304. The monoisotopic (exact) mass is 413 g/mol. The highest BCUT2D eigenvalue weighted by Crippen LogP contribution is 2.39. The molecule has 0 spiro atoms. The van der Waals surface area contributed by atoms with Crippen molar-refractivity contribution in [3.63, 3.8) is 0 Å². The molecule has 1 atom stereocenters. The summed E-state index contributed by atoms with van der Waals surface area (Å²) in [5.41, 5.74) is -0.190. The standard InChI is InChI=1S/C23H21F2NO4/c1-13(2)29-11-5-10-26-20(15-6-3-4-7-17(15)25)19-21(27)16-12-14(24)8-9-18(16)30-22(19)23(26)28/h3-4,6-9,12-13,20H,5,10-11H2,1-2H3/t20-/m0/s1. The molecule has 3 aromatic rings. The predicted molar refractivity (Wildman–Crippen MR) is 107 cm³/mol. The summed E-state index contributed by atoms with van der Waals surface area (Å²) in [5.74, 6) is -1.75. The van der Waals surface area contributed by atoms with Crippen LogP contribution < -0.4 is 5.43 Å². The van der Waals surface area contributed by atoms with Crippen LogP contribution in [0.2, 0.25) is 0 Å². The minimum Gasteiger partial charge on any atom is -0.450 e. The summed E-state index contributed by atoms with van der Waals surface area (Å²) in [5, 5.41) is 0.0212. The number of carbonyl (C=O) groups is 1. The van der Waals surface area contributed by atoms with E-state index in [1.54, 1.807) is 6.07 Å². The summed E-state index contributed by atoms with van der Waals surface area (Å²) in [4.78, 5) is 27.8. The molecule has 2 heterocycles. The van der Waals surface area contributed by atoms with Crippen molar-refractivity contribution in [2.45, 2.75) is 32.4 Å². The molecule has 0 fully saturated rings. The van der Waals surface area contributed by atoms with Crippen LogP contribution in [0, 0.1) is 11.6 Å². The fourth-order valence-corrected chi connectivity index (χ4v) is 3.80. The number of rotatable bonds is 6. The highest BCUT2D eigenvalue weighted by atomic mass is 19.1. The van der Waals surface area contributed by atoms with Gasteiger partial charge in [-0.1, -0.05) is 18.2 Å². The van der Waals surface area contributed by atoms with Gasteiger partial charge in [-0.05, 0) is 44.5 Å². The lowest BCUT2D eigenvalue weighted by Crippen LogP contribution is -2.32. The Morgan fingerprint density at radius 3 is 2.63 bits per heavy atom. The first-order valence-corrected chi connectivity index (χ1v) is 9.81. The van der Waals surface area contributed by atoms with Crippen molar-refractivity contribution in [2.75, 3.05) is 13.2 Å². The normalized spacial score (nSPS) is 16.0. The van der Waals surface area contributed by atoms with Crippen LogP contribution in [0.5, 0.6) is 0 Å². The average molecular weight is 413 g/mol. The molecule has 0 N–H and O–H groups in total. The van der Waals surface area contributed by atoms with Crippen LogP contribution in [0.25, 0.3) is 11.0 Å². The number of hydrogen-bond donors (Lipinski definition) is 0. The van der Waals surface area contributed by atoms with Crippen molar-refractivity contribution in [1.29, 1.82) is 0 Å². The van der Waals surface area contributed by atoms with Crippen molar-refractivity contribution in [3.05, 3.63) is 81.2 Å². The summed E-state index contributed by atoms with van der Waals surface area (Å²) < 4.78 is 39.7. The van der Waals surface area contributed by atoms with Gasteiger partial charge >= 0.3 is 0 Å². The lowest BCUT2D eigenvalue weighted by Gasteiger charge is -2.25. The van der Waals surface area contributed by atoms with Crippen molar-refractivity contribution in [3.8, 4) is 0 Å². The van der Waals surface area contributed by atoms with Crippen molar-refractivity contribution >= 4 is 16.9 Å². The highest BCUT2D eigenvalue weighted by Gasteiger charge is 2.43. The number of amides is 1. The predicted octanol–water partition coefficient (Wildman–Crippen LogP) is 4.43. The zero-order valence-corrected chi connectivity index (χ0v) is 16.7. The molecule has 1 amide bonds. The Labute approximate surface area is 171 Å². The maximum Gasteiger partial charge on any atom is 0.290 e. The van der Waals surface area contributed by atoms with E-state index in [2.05, 4.69) is 0 Å². The molecule has 0 bridgehead atoms. The zero-order chi connectivity index (χ0) is 21.4. The number of halogens is 2. The number of ether oxygens (including phenoxy) is 1. The van der Waals surface area contributed by atoms with Crippen LogP contribution in [0.4, 0.5) is 8.78 Å². The van der Waals surface area contributed by atoms with E-state index in [1.165, 1.54) is 29.2 Å². The Kier molecular flexibility index (Phi) is 5.39. The van der Waals surface area contributed by atoms with Gasteiger partial charge in [0.1, 0.15) is 17.2 Å². The summed E-state index contributed by atoms with van der Waals surface area (Å²) >= 11 is 0. The van der Waals surface area contributed by atoms with Crippen LogP contribution in [-0.2, 0) is 4.74 Å². The molecule has 0 unspecified atom stereocenters. The molecule has 0 aliphatic carbocycles. The highest BCUT2D eigenvalue weighted by molar-refractivity contribution is 5.99. The molecule has 0 saturated carbocycles. The Bertz CT molecular complexity index is 1170. The SMILES string of the molecule is CC(C)OCCCN1C(=O)c2oc3ccc(F)cc3c(=O)c2[C@@H]1c1ccccc1F. The molecule has 0 saturated heterocycles. The van der Waals surface area contributed by atoms with Gasteiger partial charge in [0, 0.05) is 18.7 Å². The quantitative estimate of drug-likeness (QED) is 0.561.